The molecule has 1 N–H and O–H groups in total. The van der Waals surface area contributed by atoms with Crippen LogP contribution in [0.2, 0.25) is 10.0 Å². The van der Waals surface area contributed by atoms with Gasteiger partial charge >= 0.3 is 6.03 Å². The minimum Gasteiger partial charge on any atom is -0.334 e. The van der Waals surface area contributed by atoms with E-state index < -0.39 is 0 Å². The van der Waals surface area contributed by atoms with Crippen molar-refractivity contribution in [3.8, 4) is 0 Å². The number of urea groups is 1. The molecule has 0 saturated carbocycles. The molecule has 0 bridgehead atoms. The second-order valence-corrected chi connectivity index (χ2v) is 8.55. The molecule has 0 aliphatic carbocycles. The molecule has 160 valence electrons. The summed E-state index contributed by atoms with van der Waals surface area (Å²) in [5, 5.41) is 4.44. The van der Waals surface area contributed by atoms with E-state index in [-0.39, 0.29) is 12.1 Å². The van der Waals surface area contributed by atoms with Crippen LogP contribution in [-0.4, -0.2) is 42.0 Å². The van der Waals surface area contributed by atoms with Crippen LogP contribution in [0.4, 0.5) is 4.79 Å². The zero-order valence-corrected chi connectivity index (χ0v) is 18.7. The lowest BCUT2D eigenvalue weighted by Crippen LogP contribution is -2.52. The zero-order chi connectivity index (χ0) is 21.6. The number of nitrogens with one attached hydrogen (secondary N) is 1. The number of piperazine rings is 1. The second kappa shape index (κ2) is 10.2. The van der Waals surface area contributed by atoms with Gasteiger partial charge in [-0.3, -0.25) is 4.90 Å². The quantitative estimate of drug-likeness (QED) is 0.544. The van der Waals surface area contributed by atoms with E-state index in [2.05, 4.69) is 46.6 Å². The molecule has 0 unspecified atom stereocenters. The average molecular weight is 454 g/mol. The topological polar surface area (TPSA) is 35.6 Å². The Balaban J connectivity index is 1.40. The van der Waals surface area contributed by atoms with E-state index >= 15 is 0 Å². The third kappa shape index (κ3) is 5.59. The second-order valence-electron chi connectivity index (χ2n) is 7.67. The molecule has 1 saturated heterocycles. The smallest absolute Gasteiger partial charge is 0.317 e. The predicted molar refractivity (Wildman–Crippen MR) is 127 cm³/mol. The Morgan fingerprint density at radius 2 is 1.32 bits per heavy atom. The van der Waals surface area contributed by atoms with E-state index in [0.29, 0.717) is 24.7 Å². The fraction of sp³-hybridized carbons (Fsp3) is 0.240. The van der Waals surface area contributed by atoms with Crippen molar-refractivity contribution in [2.45, 2.75) is 12.6 Å². The van der Waals surface area contributed by atoms with Crippen LogP contribution in [0.25, 0.3) is 0 Å². The van der Waals surface area contributed by atoms with E-state index in [1.54, 1.807) is 0 Å². The summed E-state index contributed by atoms with van der Waals surface area (Å²) in [5.41, 5.74) is 3.48. The van der Waals surface area contributed by atoms with Crippen molar-refractivity contribution in [1.29, 1.82) is 0 Å². The molecule has 3 aromatic rings. The lowest BCUT2D eigenvalue weighted by atomic mass is 9.96. The van der Waals surface area contributed by atoms with Crippen molar-refractivity contribution in [3.63, 3.8) is 0 Å². The lowest BCUT2D eigenvalue weighted by Gasteiger charge is -2.39. The van der Waals surface area contributed by atoms with Crippen molar-refractivity contribution in [3.05, 3.63) is 106 Å². The molecule has 31 heavy (non-hydrogen) atoms. The lowest BCUT2D eigenvalue weighted by molar-refractivity contribution is 0.120. The Morgan fingerprint density at radius 1 is 0.774 bits per heavy atom. The summed E-state index contributed by atoms with van der Waals surface area (Å²) in [5.74, 6) is 0. The monoisotopic (exact) mass is 453 g/mol. The van der Waals surface area contributed by atoms with Gasteiger partial charge in [0.1, 0.15) is 0 Å². The van der Waals surface area contributed by atoms with E-state index in [9.17, 15) is 4.79 Å². The zero-order valence-electron chi connectivity index (χ0n) is 17.2. The van der Waals surface area contributed by atoms with Crippen LogP contribution < -0.4 is 5.32 Å². The van der Waals surface area contributed by atoms with E-state index in [0.717, 1.165) is 23.7 Å². The van der Waals surface area contributed by atoms with Gasteiger partial charge in [-0.15, -0.1) is 0 Å². The van der Waals surface area contributed by atoms with Gasteiger partial charge < -0.3 is 10.2 Å². The van der Waals surface area contributed by atoms with Crippen LogP contribution >= 0.6 is 23.2 Å². The maximum Gasteiger partial charge on any atom is 0.317 e. The highest BCUT2D eigenvalue weighted by molar-refractivity contribution is 6.30. The molecular weight excluding hydrogens is 429 g/mol. The molecule has 6 heteroatoms. The number of halogens is 2. The first-order chi connectivity index (χ1) is 15.1. The van der Waals surface area contributed by atoms with Gasteiger partial charge in [0, 0.05) is 42.8 Å². The minimum absolute atomic E-state index is 0.0302. The summed E-state index contributed by atoms with van der Waals surface area (Å²) in [6.07, 6.45) is 0. The number of rotatable bonds is 5. The molecule has 4 rings (SSSR count). The average Bonchev–Trinajstić information content (AvgIpc) is 2.81. The van der Waals surface area contributed by atoms with Gasteiger partial charge in [-0.25, -0.2) is 4.79 Å². The Kier molecular flexibility index (Phi) is 7.13. The summed E-state index contributed by atoms with van der Waals surface area (Å²) in [7, 11) is 0. The first-order valence-electron chi connectivity index (χ1n) is 10.4. The maximum absolute atomic E-state index is 12.6. The largest absolute Gasteiger partial charge is 0.334 e. The number of carbonyl (C=O) groups is 1. The molecule has 0 radical (unpaired) electrons. The van der Waals surface area contributed by atoms with Crippen LogP contribution in [0.5, 0.6) is 0 Å². The fourth-order valence-electron chi connectivity index (χ4n) is 3.97. The number of amides is 2. The van der Waals surface area contributed by atoms with Crippen molar-refractivity contribution in [1.82, 2.24) is 15.1 Å². The van der Waals surface area contributed by atoms with E-state index in [4.69, 9.17) is 23.2 Å². The third-order valence-corrected chi connectivity index (χ3v) is 6.13. The maximum atomic E-state index is 12.6. The van der Waals surface area contributed by atoms with Gasteiger partial charge in [0.2, 0.25) is 0 Å². The number of carbonyl (C=O) groups excluding carboxylic acids is 1. The van der Waals surface area contributed by atoms with Gasteiger partial charge in [0.15, 0.2) is 0 Å². The van der Waals surface area contributed by atoms with Gasteiger partial charge in [0.25, 0.3) is 0 Å². The Hall–Kier alpha value is -2.53. The summed E-state index contributed by atoms with van der Waals surface area (Å²) in [4.78, 5) is 17.0. The highest BCUT2D eigenvalue weighted by Gasteiger charge is 2.28. The number of hydrogen-bond donors (Lipinski definition) is 1. The Morgan fingerprint density at radius 3 is 1.94 bits per heavy atom. The van der Waals surface area contributed by atoms with Gasteiger partial charge in [-0.05, 0) is 41.0 Å². The summed E-state index contributed by atoms with van der Waals surface area (Å²) >= 11 is 12.0. The molecule has 4 nitrogen and oxygen atoms in total. The number of benzene rings is 3. The van der Waals surface area contributed by atoms with Crippen LogP contribution in [0.3, 0.4) is 0 Å². The molecule has 2 amide bonds. The van der Waals surface area contributed by atoms with Crippen LogP contribution in [0, 0.1) is 0 Å². The van der Waals surface area contributed by atoms with Crippen LogP contribution in [-0.2, 0) is 6.54 Å². The normalized spacial score (nSPS) is 15.5. The molecule has 1 fully saturated rings. The molecule has 0 aromatic heterocycles. The van der Waals surface area contributed by atoms with Crippen molar-refractivity contribution in [2.24, 2.45) is 0 Å². The first kappa shape index (κ1) is 21.7. The van der Waals surface area contributed by atoms with Crippen molar-refractivity contribution in [2.75, 3.05) is 26.2 Å². The van der Waals surface area contributed by atoms with Crippen molar-refractivity contribution < 1.29 is 4.79 Å². The van der Waals surface area contributed by atoms with Crippen LogP contribution in [0.15, 0.2) is 78.9 Å². The Labute approximate surface area is 193 Å². The fourth-order valence-corrected chi connectivity index (χ4v) is 4.22. The minimum atomic E-state index is -0.0302. The Bertz CT molecular complexity index is 986. The van der Waals surface area contributed by atoms with E-state index in [1.807, 2.05) is 47.4 Å². The molecule has 1 atom stereocenters. The predicted octanol–water partition coefficient (Wildman–Crippen LogP) is 5.61. The van der Waals surface area contributed by atoms with E-state index in [1.165, 1.54) is 11.1 Å². The molecule has 0 spiro atoms. The molecule has 3 aromatic carbocycles. The number of hydrogen-bond acceptors (Lipinski definition) is 2. The molecular formula is C25H25Cl2N3O. The van der Waals surface area contributed by atoms with Gasteiger partial charge in [0.05, 0.1) is 6.04 Å². The molecule has 1 aliphatic heterocycles. The highest BCUT2D eigenvalue weighted by atomic mass is 35.5. The first-order valence-corrected chi connectivity index (χ1v) is 11.2. The molecule has 1 aliphatic rings. The summed E-state index contributed by atoms with van der Waals surface area (Å²) < 4.78 is 0. The highest BCUT2D eigenvalue weighted by Crippen LogP contribution is 2.30. The SMILES string of the molecule is O=C(NCc1ccc(Cl)cc1)N1CCN([C@H](c2ccccc2)c2ccc(Cl)cc2)CC1. The molecule has 1 heterocycles. The van der Waals surface area contributed by atoms with Crippen LogP contribution in [0.1, 0.15) is 22.7 Å². The summed E-state index contributed by atoms with van der Waals surface area (Å²) in [6.45, 7) is 3.47. The number of nitrogens with zero attached hydrogens (tertiary/aromatic N) is 2. The third-order valence-electron chi connectivity index (χ3n) is 5.62. The standard InChI is InChI=1S/C25H25Cl2N3O/c26-22-10-6-19(7-11-22)18-28-25(31)30-16-14-29(15-17-30)24(20-4-2-1-3-5-20)21-8-12-23(27)13-9-21/h1-13,24H,14-18H2,(H,28,31)/t24-/m1/s1. The van der Waals surface area contributed by atoms with Gasteiger partial charge in [-0.2, -0.15) is 0 Å². The van der Waals surface area contributed by atoms with Gasteiger partial charge in [-0.1, -0.05) is 77.8 Å². The van der Waals surface area contributed by atoms with Crippen molar-refractivity contribution >= 4 is 29.2 Å². The summed E-state index contributed by atoms with van der Waals surface area (Å²) in [6, 6.07) is 26.2.